The van der Waals surface area contributed by atoms with Crippen LogP contribution in [0.15, 0.2) is 65.1 Å². The van der Waals surface area contributed by atoms with Crippen LogP contribution in [-0.4, -0.2) is 27.3 Å². The fourth-order valence-electron chi connectivity index (χ4n) is 4.28. The van der Waals surface area contributed by atoms with Gasteiger partial charge in [0.2, 0.25) is 5.89 Å². The van der Waals surface area contributed by atoms with E-state index in [1.54, 1.807) is 30.0 Å². The molecule has 0 bridgehead atoms. The summed E-state index contributed by atoms with van der Waals surface area (Å²) in [5, 5.41) is 11.1. The second-order valence-electron chi connectivity index (χ2n) is 8.16. The van der Waals surface area contributed by atoms with E-state index in [9.17, 15) is 19.3 Å². The number of carbonyl (C=O) groups excluding carboxylic acids is 1. The summed E-state index contributed by atoms with van der Waals surface area (Å²) >= 11 is 0. The lowest BCUT2D eigenvalue weighted by molar-refractivity contribution is -0.384. The minimum atomic E-state index is -0.515. The van der Waals surface area contributed by atoms with Crippen LogP contribution in [0.5, 0.6) is 0 Å². The van der Waals surface area contributed by atoms with Gasteiger partial charge in [0.05, 0.1) is 4.92 Å². The van der Waals surface area contributed by atoms with Gasteiger partial charge in [0, 0.05) is 24.2 Å². The van der Waals surface area contributed by atoms with Crippen LogP contribution in [0.3, 0.4) is 0 Å². The summed E-state index contributed by atoms with van der Waals surface area (Å²) in [6, 6.07) is 15.9. The summed E-state index contributed by atoms with van der Waals surface area (Å²) < 4.78 is 19.6. The smallest absolute Gasteiger partial charge is 0.270 e. The molecule has 8 heteroatoms. The zero-order chi connectivity index (χ0) is 23.1. The molecule has 1 unspecified atom stereocenters. The number of aryl methyl sites for hydroxylation is 1. The van der Waals surface area contributed by atoms with Crippen molar-refractivity contribution >= 4 is 22.7 Å². The highest BCUT2D eigenvalue weighted by atomic mass is 19.1. The van der Waals surface area contributed by atoms with E-state index in [0.29, 0.717) is 35.5 Å². The first-order valence-electron chi connectivity index (χ1n) is 10.6. The number of nitrogens with zero attached hydrogens (tertiary/aromatic N) is 3. The number of rotatable bonds is 4. The molecule has 1 atom stereocenters. The number of likely N-dealkylation sites (tertiary alicyclic amines) is 1. The Balaban J connectivity index is 1.45. The standard InChI is InChI=1S/C25H20FN3O4/c1-15-12-16(7-9-20(15)26)17-8-10-23-21(14-17)27-24(33-23)22-6-3-11-28(22)25(30)18-4-2-5-19(13-18)29(31)32/h2,4-5,7-10,12-14,22H,3,6,11H2,1H3. The largest absolute Gasteiger partial charge is 0.438 e. The molecule has 0 N–H and O–H groups in total. The molecule has 1 aromatic heterocycles. The number of non-ortho nitro benzene ring substituents is 1. The van der Waals surface area contributed by atoms with Gasteiger partial charge in [-0.1, -0.05) is 18.2 Å². The summed E-state index contributed by atoms with van der Waals surface area (Å²) in [7, 11) is 0. The van der Waals surface area contributed by atoms with Gasteiger partial charge < -0.3 is 9.32 Å². The van der Waals surface area contributed by atoms with Crippen LogP contribution in [0.2, 0.25) is 0 Å². The zero-order valence-electron chi connectivity index (χ0n) is 17.8. The van der Waals surface area contributed by atoms with Gasteiger partial charge in [-0.05, 0) is 66.8 Å². The Bertz CT molecular complexity index is 1400. The normalized spacial score (nSPS) is 15.8. The molecular formula is C25H20FN3O4. The lowest BCUT2D eigenvalue weighted by Crippen LogP contribution is -2.30. The molecule has 1 saturated heterocycles. The number of benzene rings is 3. The fraction of sp³-hybridized carbons (Fsp3) is 0.200. The molecule has 1 amide bonds. The van der Waals surface area contributed by atoms with Crippen LogP contribution in [0, 0.1) is 22.9 Å². The van der Waals surface area contributed by atoms with Crippen LogP contribution in [0.25, 0.3) is 22.2 Å². The van der Waals surface area contributed by atoms with Crippen molar-refractivity contribution in [2.24, 2.45) is 0 Å². The third kappa shape index (κ3) is 3.84. The number of oxazole rings is 1. The minimum Gasteiger partial charge on any atom is -0.438 e. The molecule has 1 aliphatic heterocycles. The van der Waals surface area contributed by atoms with Crippen molar-refractivity contribution in [1.29, 1.82) is 0 Å². The highest BCUT2D eigenvalue weighted by Gasteiger charge is 2.34. The van der Waals surface area contributed by atoms with Gasteiger partial charge in [-0.15, -0.1) is 0 Å². The quantitative estimate of drug-likeness (QED) is 0.291. The van der Waals surface area contributed by atoms with Crippen LogP contribution in [0.1, 0.15) is 40.7 Å². The summed E-state index contributed by atoms with van der Waals surface area (Å²) in [4.78, 5) is 30.0. The van der Waals surface area contributed by atoms with Crippen molar-refractivity contribution in [1.82, 2.24) is 9.88 Å². The molecular weight excluding hydrogens is 425 g/mol. The number of hydrogen-bond acceptors (Lipinski definition) is 5. The molecule has 0 aliphatic carbocycles. The van der Waals surface area contributed by atoms with Crippen molar-refractivity contribution in [2.45, 2.75) is 25.8 Å². The van der Waals surface area contributed by atoms with Crippen LogP contribution in [-0.2, 0) is 0 Å². The molecule has 1 aliphatic rings. The first-order chi connectivity index (χ1) is 15.9. The zero-order valence-corrected chi connectivity index (χ0v) is 17.8. The molecule has 3 aromatic carbocycles. The first kappa shape index (κ1) is 20.8. The Morgan fingerprint density at radius 1 is 1.15 bits per heavy atom. The first-order valence-corrected chi connectivity index (χ1v) is 10.6. The molecule has 1 fully saturated rings. The number of amides is 1. The number of carbonyl (C=O) groups is 1. The van der Waals surface area contributed by atoms with Crippen molar-refractivity contribution in [3.63, 3.8) is 0 Å². The Morgan fingerprint density at radius 2 is 1.94 bits per heavy atom. The van der Waals surface area contributed by atoms with Gasteiger partial charge in [-0.3, -0.25) is 14.9 Å². The molecule has 2 heterocycles. The maximum absolute atomic E-state index is 13.6. The monoisotopic (exact) mass is 445 g/mol. The van der Waals surface area contributed by atoms with Crippen molar-refractivity contribution in [3.8, 4) is 11.1 Å². The van der Waals surface area contributed by atoms with E-state index < -0.39 is 4.92 Å². The van der Waals surface area contributed by atoms with Gasteiger partial charge >= 0.3 is 0 Å². The molecule has 7 nitrogen and oxygen atoms in total. The van der Waals surface area contributed by atoms with Gasteiger partial charge in [0.15, 0.2) is 5.58 Å². The lowest BCUT2D eigenvalue weighted by atomic mass is 10.0. The summed E-state index contributed by atoms with van der Waals surface area (Å²) in [5.41, 5.74) is 3.73. The van der Waals surface area contributed by atoms with E-state index in [1.807, 2.05) is 18.2 Å². The highest BCUT2D eigenvalue weighted by molar-refractivity contribution is 5.95. The Hall–Kier alpha value is -4.07. The molecule has 33 heavy (non-hydrogen) atoms. The summed E-state index contributed by atoms with van der Waals surface area (Å²) in [6.45, 7) is 2.24. The minimum absolute atomic E-state index is 0.123. The number of halogens is 1. The second-order valence-corrected chi connectivity index (χ2v) is 8.16. The van der Waals surface area contributed by atoms with Gasteiger partial charge in [-0.25, -0.2) is 9.37 Å². The predicted molar refractivity (Wildman–Crippen MR) is 120 cm³/mol. The molecule has 0 spiro atoms. The van der Waals surface area contributed by atoms with Gasteiger partial charge in [-0.2, -0.15) is 0 Å². The predicted octanol–water partition coefficient (Wildman–Crippen LogP) is 5.83. The third-order valence-electron chi connectivity index (χ3n) is 6.00. The molecule has 4 aromatic rings. The summed E-state index contributed by atoms with van der Waals surface area (Å²) in [5.74, 6) is -0.0991. The summed E-state index contributed by atoms with van der Waals surface area (Å²) in [6.07, 6.45) is 1.47. The number of aromatic nitrogens is 1. The van der Waals surface area contributed by atoms with Gasteiger partial charge in [0.25, 0.3) is 11.6 Å². The van der Waals surface area contributed by atoms with Crippen molar-refractivity contribution in [2.75, 3.05) is 6.54 Å². The SMILES string of the molecule is Cc1cc(-c2ccc3oc(C4CCCN4C(=O)c4cccc([N+](=O)[O-])c4)nc3c2)ccc1F. The Kier molecular flexibility index (Phi) is 5.12. The highest BCUT2D eigenvalue weighted by Crippen LogP contribution is 2.35. The topological polar surface area (TPSA) is 89.5 Å². The van der Waals surface area contributed by atoms with E-state index in [-0.39, 0.29) is 29.0 Å². The Labute approximate surface area is 188 Å². The molecule has 0 radical (unpaired) electrons. The number of nitro benzene ring substituents is 1. The van der Waals surface area contributed by atoms with E-state index in [0.717, 1.165) is 17.5 Å². The van der Waals surface area contributed by atoms with Gasteiger partial charge in [0.1, 0.15) is 17.4 Å². The Morgan fingerprint density at radius 3 is 2.73 bits per heavy atom. The second kappa shape index (κ2) is 8.12. The molecule has 0 saturated carbocycles. The number of fused-ring (bicyclic) bond motifs is 1. The van der Waals surface area contributed by atoms with Crippen LogP contribution >= 0.6 is 0 Å². The van der Waals surface area contributed by atoms with Crippen molar-refractivity contribution in [3.05, 3.63) is 93.6 Å². The van der Waals surface area contributed by atoms with E-state index in [4.69, 9.17) is 4.42 Å². The van der Waals surface area contributed by atoms with E-state index >= 15 is 0 Å². The third-order valence-corrected chi connectivity index (χ3v) is 6.00. The molecule has 5 rings (SSSR count). The van der Waals surface area contributed by atoms with Crippen molar-refractivity contribution < 1.29 is 18.5 Å². The molecule has 166 valence electrons. The fourth-order valence-corrected chi connectivity index (χ4v) is 4.28. The van der Waals surface area contributed by atoms with E-state index in [1.165, 1.54) is 24.3 Å². The average Bonchev–Trinajstić information content (AvgIpc) is 3.47. The van der Waals surface area contributed by atoms with E-state index in [2.05, 4.69) is 4.98 Å². The number of nitro groups is 1. The number of hydrogen-bond donors (Lipinski definition) is 0. The maximum Gasteiger partial charge on any atom is 0.270 e. The van der Waals surface area contributed by atoms with Crippen LogP contribution < -0.4 is 0 Å². The maximum atomic E-state index is 13.6. The van der Waals surface area contributed by atoms with Crippen LogP contribution in [0.4, 0.5) is 10.1 Å². The average molecular weight is 445 g/mol. The lowest BCUT2D eigenvalue weighted by Gasteiger charge is -2.22.